The third-order valence-electron chi connectivity index (χ3n) is 4.06. The minimum absolute atomic E-state index is 0.0666. The summed E-state index contributed by atoms with van der Waals surface area (Å²) in [6, 6.07) is 11.4. The Morgan fingerprint density at radius 1 is 1.22 bits per heavy atom. The molecule has 1 atom stereocenters. The van der Waals surface area contributed by atoms with Gasteiger partial charge in [-0.2, -0.15) is 4.98 Å². The lowest BCUT2D eigenvalue weighted by atomic mass is 10.0. The number of thioether (sulfide) groups is 1. The van der Waals surface area contributed by atoms with Gasteiger partial charge in [0.25, 0.3) is 0 Å². The highest BCUT2D eigenvalue weighted by molar-refractivity contribution is 8.00. The predicted molar refractivity (Wildman–Crippen MR) is 105 cm³/mol. The largest absolute Gasteiger partial charge is 0.343 e. The van der Waals surface area contributed by atoms with Crippen LogP contribution in [0, 0.1) is 12.8 Å². The van der Waals surface area contributed by atoms with Crippen molar-refractivity contribution < 1.29 is 9.32 Å². The SMILES string of the molecule is Cc1ccccc1SCC(=O)NC(c1nc(-c2cccnc2)no1)C(C)C. The number of benzene rings is 1. The van der Waals surface area contributed by atoms with Crippen LogP contribution in [0.4, 0.5) is 0 Å². The Labute approximate surface area is 162 Å². The number of nitrogens with one attached hydrogen (secondary N) is 1. The second-order valence-electron chi connectivity index (χ2n) is 6.54. The topological polar surface area (TPSA) is 80.9 Å². The number of carbonyl (C=O) groups is 1. The van der Waals surface area contributed by atoms with Crippen LogP contribution in [0.3, 0.4) is 0 Å². The minimum Gasteiger partial charge on any atom is -0.343 e. The lowest BCUT2D eigenvalue weighted by Crippen LogP contribution is -2.33. The Morgan fingerprint density at radius 2 is 2.04 bits per heavy atom. The van der Waals surface area contributed by atoms with E-state index in [1.165, 1.54) is 11.8 Å². The number of carbonyl (C=O) groups excluding carboxylic acids is 1. The average Bonchev–Trinajstić information content (AvgIpc) is 3.16. The monoisotopic (exact) mass is 382 g/mol. The van der Waals surface area contributed by atoms with Crippen LogP contribution in [0.25, 0.3) is 11.4 Å². The quantitative estimate of drug-likeness (QED) is 0.621. The summed E-state index contributed by atoms with van der Waals surface area (Å²) in [5.74, 6) is 1.24. The lowest BCUT2D eigenvalue weighted by molar-refractivity contribution is -0.119. The molecule has 6 nitrogen and oxygen atoms in total. The number of nitrogens with zero attached hydrogens (tertiary/aromatic N) is 3. The van der Waals surface area contributed by atoms with Gasteiger partial charge in [-0.1, -0.05) is 37.2 Å². The van der Waals surface area contributed by atoms with Crippen LogP contribution in [0.2, 0.25) is 0 Å². The first-order chi connectivity index (χ1) is 13.0. The molecule has 3 aromatic rings. The van der Waals surface area contributed by atoms with Crippen molar-refractivity contribution >= 4 is 17.7 Å². The number of pyridine rings is 1. The van der Waals surface area contributed by atoms with Crippen LogP contribution in [-0.4, -0.2) is 26.8 Å². The van der Waals surface area contributed by atoms with E-state index in [0.717, 1.165) is 16.0 Å². The normalized spacial score (nSPS) is 12.1. The molecular formula is C20H22N4O2S. The summed E-state index contributed by atoms with van der Waals surface area (Å²) in [5, 5.41) is 7.04. The number of amides is 1. The number of aromatic nitrogens is 3. The van der Waals surface area contributed by atoms with Gasteiger partial charge in [0.05, 0.1) is 5.75 Å². The van der Waals surface area contributed by atoms with Gasteiger partial charge in [0.15, 0.2) is 0 Å². The number of aryl methyl sites for hydroxylation is 1. The van der Waals surface area contributed by atoms with Crippen molar-refractivity contribution in [2.45, 2.75) is 31.7 Å². The Bertz CT molecular complexity index is 896. The summed E-state index contributed by atoms with van der Waals surface area (Å²) >= 11 is 1.52. The molecule has 0 saturated carbocycles. The van der Waals surface area contributed by atoms with Gasteiger partial charge in [-0.3, -0.25) is 9.78 Å². The van der Waals surface area contributed by atoms with Gasteiger partial charge in [0, 0.05) is 22.9 Å². The van der Waals surface area contributed by atoms with E-state index in [0.29, 0.717) is 17.5 Å². The summed E-state index contributed by atoms with van der Waals surface area (Å²) in [6.07, 6.45) is 3.37. The molecule has 0 spiro atoms. The van der Waals surface area contributed by atoms with Gasteiger partial charge < -0.3 is 9.84 Å². The maximum atomic E-state index is 12.5. The molecule has 2 aromatic heterocycles. The molecule has 1 aromatic carbocycles. The van der Waals surface area contributed by atoms with Crippen LogP contribution in [0.15, 0.2) is 58.2 Å². The standard InChI is InChI=1S/C20H22N4O2S/c1-13(2)18(20-23-19(24-26-20)15-8-6-10-21-11-15)22-17(25)12-27-16-9-5-4-7-14(16)3/h4-11,13,18H,12H2,1-3H3,(H,22,25). The summed E-state index contributed by atoms with van der Waals surface area (Å²) in [4.78, 5) is 22.1. The van der Waals surface area contributed by atoms with Gasteiger partial charge in [0.1, 0.15) is 6.04 Å². The van der Waals surface area contributed by atoms with Gasteiger partial charge >= 0.3 is 0 Å². The third-order valence-corrected chi connectivity index (χ3v) is 5.24. The zero-order chi connectivity index (χ0) is 19.2. The van der Waals surface area contributed by atoms with E-state index in [-0.39, 0.29) is 17.9 Å². The zero-order valence-corrected chi connectivity index (χ0v) is 16.4. The van der Waals surface area contributed by atoms with Crippen LogP contribution in [0.1, 0.15) is 31.3 Å². The van der Waals surface area contributed by atoms with Crippen molar-refractivity contribution in [1.29, 1.82) is 0 Å². The molecule has 0 aliphatic rings. The first kappa shape index (κ1) is 19.1. The highest BCUT2D eigenvalue weighted by Crippen LogP contribution is 2.25. The van der Waals surface area contributed by atoms with Gasteiger partial charge in [0.2, 0.25) is 17.6 Å². The second-order valence-corrected chi connectivity index (χ2v) is 7.56. The first-order valence-electron chi connectivity index (χ1n) is 8.76. The highest BCUT2D eigenvalue weighted by Gasteiger charge is 2.25. The molecule has 3 rings (SSSR count). The van der Waals surface area contributed by atoms with Crippen LogP contribution in [0.5, 0.6) is 0 Å². The molecule has 27 heavy (non-hydrogen) atoms. The van der Waals surface area contributed by atoms with Crippen LogP contribution >= 0.6 is 11.8 Å². The van der Waals surface area contributed by atoms with E-state index in [2.05, 4.69) is 20.4 Å². The third kappa shape index (κ3) is 4.95. The molecule has 1 unspecified atom stereocenters. The number of hydrogen-bond donors (Lipinski definition) is 1. The zero-order valence-electron chi connectivity index (χ0n) is 15.5. The van der Waals surface area contributed by atoms with Gasteiger partial charge in [-0.25, -0.2) is 0 Å². The molecule has 0 radical (unpaired) electrons. The highest BCUT2D eigenvalue weighted by atomic mass is 32.2. The Kier molecular flexibility index (Phi) is 6.24. The van der Waals surface area contributed by atoms with E-state index in [4.69, 9.17) is 4.52 Å². The smallest absolute Gasteiger partial charge is 0.249 e. The fourth-order valence-electron chi connectivity index (χ4n) is 2.56. The first-order valence-corrected chi connectivity index (χ1v) is 9.75. The van der Waals surface area contributed by atoms with E-state index >= 15 is 0 Å². The maximum absolute atomic E-state index is 12.5. The molecule has 140 valence electrons. The van der Waals surface area contributed by atoms with E-state index in [1.807, 2.05) is 57.2 Å². The molecule has 0 bridgehead atoms. The van der Waals surface area contributed by atoms with E-state index in [1.54, 1.807) is 12.4 Å². The predicted octanol–water partition coefficient (Wildman–Crippen LogP) is 4.05. The molecular weight excluding hydrogens is 360 g/mol. The van der Waals surface area contributed by atoms with Gasteiger partial charge in [-0.05, 0) is 36.6 Å². The van der Waals surface area contributed by atoms with Crippen molar-refractivity contribution in [2.24, 2.45) is 5.92 Å². The second kappa shape index (κ2) is 8.81. The Hall–Kier alpha value is -2.67. The fraction of sp³-hybridized carbons (Fsp3) is 0.300. The van der Waals surface area contributed by atoms with Crippen molar-refractivity contribution in [2.75, 3.05) is 5.75 Å². The summed E-state index contributed by atoms with van der Waals surface area (Å²) in [5.41, 5.74) is 1.94. The molecule has 1 amide bonds. The number of hydrogen-bond acceptors (Lipinski definition) is 6. The molecule has 2 heterocycles. The van der Waals surface area contributed by atoms with Crippen molar-refractivity contribution in [1.82, 2.24) is 20.4 Å². The van der Waals surface area contributed by atoms with Crippen molar-refractivity contribution in [3.05, 3.63) is 60.2 Å². The lowest BCUT2D eigenvalue weighted by Gasteiger charge is -2.18. The summed E-state index contributed by atoms with van der Waals surface area (Å²) in [6.45, 7) is 6.05. The van der Waals surface area contributed by atoms with Gasteiger partial charge in [-0.15, -0.1) is 11.8 Å². The van der Waals surface area contributed by atoms with E-state index in [9.17, 15) is 4.79 Å². The maximum Gasteiger partial charge on any atom is 0.249 e. The molecule has 0 saturated heterocycles. The van der Waals surface area contributed by atoms with E-state index < -0.39 is 0 Å². The van der Waals surface area contributed by atoms with Crippen molar-refractivity contribution in [3.8, 4) is 11.4 Å². The van der Waals surface area contributed by atoms with Crippen LogP contribution in [-0.2, 0) is 4.79 Å². The Morgan fingerprint density at radius 3 is 2.74 bits per heavy atom. The molecule has 7 heteroatoms. The number of rotatable bonds is 7. The molecule has 0 aliphatic carbocycles. The Balaban J connectivity index is 1.66. The molecule has 0 aliphatic heterocycles. The van der Waals surface area contributed by atoms with Crippen molar-refractivity contribution in [3.63, 3.8) is 0 Å². The molecule has 1 N–H and O–H groups in total. The summed E-state index contributed by atoms with van der Waals surface area (Å²) < 4.78 is 5.41. The summed E-state index contributed by atoms with van der Waals surface area (Å²) in [7, 11) is 0. The fourth-order valence-corrected chi connectivity index (χ4v) is 3.40. The average molecular weight is 382 g/mol. The van der Waals surface area contributed by atoms with Crippen LogP contribution < -0.4 is 5.32 Å². The minimum atomic E-state index is -0.340. The molecule has 0 fully saturated rings.